The zero-order valence-electron chi connectivity index (χ0n) is 4.42. The van der Waals surface area contributed by atoms with Gasteiger partial charge in [0.25, 0.3) is 5.95 Å². The number of esters is 1. The zero-order valence-corrected chi connectivity index (χ0v) is 4.42. The fraction of sp³-hybridized carbons (Fsp3) is 0.400. The molecule has 0 spiro atoms. The number of aliphatic hydroxyl groups is 1. The molecule has 0 aromatic rings. The van der Waals surface area contributed by atoms with E-state index in [4.69, 9.17) is 5.11 Å². The number of hydrogen-bond donors (Lipinski definition) is 1. The highest BCUT2D eigenvalue weighted by atomic mass is 16.6. The van der Waals surface area contributed by atoms with Crippen LogP contribution < -0.4 is 0 Å². The number of ether oxygens (including phenoxy) is 1. The molecule has 0 aromatic heterocycles. The SMILES string of the molecule is CC1C=C(O)OC1=O. The molecule has 1 unspecified atom stereocenters. The lowest BCUT2D eigenvalue weighted by Gasteiger charge is -1.90. The van der Waals surface area contributed by atoms with E-state index in [0.717, 1.165) is 0 Å². The molecule has 0 bridgehead atoms. The predicted octanol–water partition coefficient (Wildman–Crippen LogP) is 0.579. The Morgan fingerprint density at radius 2 is 2.50 bits per heavy atom. The molecule has 0 saturated heterocycles. The molecule has 1 atom stereocenters. The summed E-state index contributed by atoms with van der Waals surface area (Å²) in [7, 11) is 0. The molecule has 1 aliphatic heterocycles. The van der Waals surface area contributed by atoms with Crippen LogP contribution in [0.15, 0.2) is 12.0 Å². The Bertz CT molecular complexity index is 148. The Morgan fingerprint density at radius 3 is 2.62 bits per heavy atom. The largest absolute Gasteiger partial charge is 0.481 e. The second-order valence-electron chi connectivity index (χ2n) is 1.71. The van der Waals surface area contributed by atoms with Gasteiger partial charge in [0.2, 0.25) is 0 Å². The van der Waals surface area contributed by atoms with Gasteiger partial charge in [-0.1, -0.05) is 0 Å². The van der Waals surface area contributed by atoms with E-state index in [9.17, 15) is 4.79 Å². The van der Waals surface area contributed by atoms with E-state index in [1.54, 1.807) is 6.92 Å². The lowest BCUT2D eigenvalue weighted by atomic mass is 10.2. The average Bonchev–Trinajstić information content (AvgIpc) is 1.85. The Balaban J connectivity index is 2.69. The van der Waals surface area contributed by atoms with Gasteiger partial charge in [-0.05, 0) is 6.92 Å². The molecule has 1 heterocycles. The first-order valence-electron chi connectivity index (χ1n) is 2.32. The number of aliphatic hydroxyl groups excluding tert-OH is 1. The summed E-state index contributed by atoms with van der Waals surface area (Å²) in [5, 5.41) is 8.49. The maximum Gasteiger partial charge on any atom is 0.320 e. The quantitative estimate of drug-likeness (QED) is 0.468. The molecule has 44 valence electrons. The van der Waals surface area contributed by atoms with Crippen LogP contribution in [-0.2, 0) is 9.53 Å². The van der Waals surface area contributed by atoms with Crippen LogP contribution in [0.2, 0.25) is 0 Å². The van der Waals surface area contributed by atoms with Gasteiger partial charge in [0.1, 0.15) is 0 Å². The third-order valence-corrected chi connectivity index (χ3v) is 0.970. The van der Waals surface area contributed by atoms with Crippen molar-refractivity contribution >= 4 is 5.97 Å². The van der Waals surface area contributed by atoms with E-state index in [0.29, 0.717) is 0 Å². The van der Waals surface area contributed by atoms with E-state index < -0.39 is 0 Å². The number of rotatable bonds is 0. The van der Waals surface area contributed by atoms with Crippen molar-refractivity contribution in [2.75, 3.05) is 0 Å². The van der Waals surface area contributed by atoms with E-state index >= 15 is 0 Å². The minimum absolute atomic E-state index is 0.275. The van der Waals surface area contributed by atoms with Crippen LogP contribution in [-0.4, -0.2) is 11.1 Å². The van der Waals surface area contributed by atoms with Crippen LogP contribution in [0.4, 0.5) is 0 Å². The van der Waals surface area contributed by atoms with Gasteiger partial charge in [0.05, 0.1) is 5.92 Å². The van der Waals surface area contributed by atoms with Gasteiger partial charge in [0.15, 0.2) is 0 Å². The molecule has 0 saturated carbocycles. The monoisotopic (exact) mass is 114 g/mol. The van der Waals surface area contributed by atoms with Crippen LogP contribution in [0.1, 0.15) is 6.92 Å². The van der Waals surface area contributed by atoms with Crippen molar-refractivity contribution in [2.45, 2.75) is 6.92 Å². The highest BCUT2D eigenvalue weighted by molar-refractivity contribution is 5.77. The topological polar surface area (TPSA) is 46.5 Å². The summed E-state index contributed by atoms with van der Waals surface area (Å²) in [5.74, 6) is -0.944. The molecule has 0 fully saturated rings. The molecule has 3 heteroatoms. The van der Waals surface area contributed by atoms with E-state index in [1.807, 2.05) is 0 Å². The zero-order chi connectivity index (χ0) is 6.15. The summed E-state index contributed by atoms with van der Waals surface area (Å²) < 4.78 is 4.25. The Hall–Kier alpha value is -0.990. The molecule has 3 nitrogen and oxygen atoms in total. The fourth-order valence-electron chi connectivity index (χ4n) is 0.512. The molecule has 0 radical (unpaired) electrons. The van der Waals surface area contributed by atoms with Crippen LogP contribution >= 0.6 is 0 Å². The fourth-order valence-corrected chi connectivity index (χ4v) is 0.512. The maximum absolute atomic E-state index is 10.4. The number of hydrogen-bond acceptors (Lipinski definition) is 3. The summed E-state index contributed by atoms with van der Waals surface area (Å²) in [6.45, 7) is 1.66. The van der Waals surface area contributed by atoms with E-state index in [-0.39, 0.29) is 17.8 Å². The first kappa shape index (κ1) is 5.15. The lowest BCUT2D eigenvalue weighted by Crippen LogP contribution is -2.02. The van der Waals surface area contributed by atoms with Crippen LogP contribution in [0.25, 0.3) is 0 Å². The van der Waals surface area contributed by atoms with Crippen molar-refractivity contribution in [3.05, 3.63) is 12.0 Å². The summed E-state index contributed by atoms with van der Waals surface area (Å²) in [4.78, 5) is 10.4. The third-order valence-electron chi connectivity index (χ3n) is 0.970. The van der Waals surface area contributed by atoms with Gasteiger partial charge in [-0.2, -0.15) is 0 Å². The number of carbonyl (C=O) groups excluding carboxylic acids is 1. The highest BCUT2D eigenvalue weighted by Crippen LogP contribution is 2.13. The average molecular weight is 114 g/mol. The smallest absolute Gasteiger partial charge is 0.320 e. The standard InChI is InChI=1S/C5H6O3/c1-3-2-4(6)8-5(3)7/h2-3,6H,1H3. The molecule has 1 rings (SSSR count). The van der Waals surface area contributed by atoms with Gasteiger partial charge < -0.3 is 9.84 Å². The maximum atomic E-state index is 10.4. The predicted molar refractivity (Wildman–Crippen MR) is 26.0 cm³/mol. The Labute approximate surface area is 46.6 Å². The normalized spacial score (nSPS) is 27.4. The number of cyclic esters (lactones) is 1. The third kappa shape index (κ3) is 0.665. The molecular weight excluding hydrogens is 108 g/mol. The molecular formula is C5H6O3. The summed E-state index contributed by atoms with van der Waals surface area (Å²) >= 11 is 0. The molecule has 1 aliphatic rings. The number of carbonyl (C=O) groups is 1. The first-order chi connectivity index (χ1) is 3.70. The molecule has 1 N–H and O–H groups in total. The minimum Gasteiger partial charge on any atom is -0.481 e. The first-order valence-corrected chi connectivity index (χ1v) is 2.32. The summed E-state index contributed by atoms with van der Waals surface area (Å²) in [5.41, 5.74) is 0. The Morgan fingerprint density at radius 1 is 1.88 bits per heavy atom. The lowest BCUT2D eigenvalue weighted by molar-refractivity contribution is -0.142. The Kier molecular flexibility index (Phi) is 0.970. The van der Waals surface area contributed by atoms with Crippen molar-refractivity contribution in [1.82, 2.24) is 0 Å². The van der Waals surface area contributed by atoms with Gasteiger partial charge >= 0.3 is 5.97 Å². The van der Waals surface area contributed by atoms with Gasteiger partial charge in [-0.3, -0.25) is 4.79 Å². The highest BCUT2D eigenvalue weighted by Gasteiger charge is 2.21. The second-order valence-corrected chi connectivity index (χ2v) is 1.71. The van der Waals surface area contributed by atoms with Gasteiger partial charge in [-0.25, -0.2) is 0 Å². The van der Waals surface area contributed by atoms with Crippen molar-refractivity contribution in [3.8, 4) is 0 Å². The van der Waals surface area contributed by atoms with Gasteiger partial charge in [-0.15, -0.1) is 0 Å². The molecule has 8 heavy (non-hydrogen) atoms. The van der Waals surface area contributed by atoms with Gasteiger partial charge in [0, 0.05) is 6.08 Å². The summed E-state index contributed by atoms with van der Waals surface area (Å²) in [6.07, 6.45) is 1.36. The van der Waals surface area contributed by atoms with Crippen LogP contribution in [0, 0.1) is 5.92 Å². The van der Waals surface area contributed by atoms with E-state index in [2.05, 4.69) is 4.74 Å². The van der Waals surface area contributed by atoms with Crippen molar-refractivity contribution < 1.29 is 14.6 Å². The molecule has 0 amide bonds. The van der Waals surface area contributed by atoms with Crippen molar-refractivity contribution in [1.29, 1.82) is 0 Å². The van der Waals surface area contributed by atoms with Crippen molar-refractivity contribution in [3.63, 3.8) is 0 Å². The molecule has 0 aromatic carbocycles. The summed E-state index contributed by atoms with van der Waals surface area (Å²) in [6, 6.07) is 0. The van der Waals surface area contributed by atoms with E-state index in [1.165, 1.54) is 6.08 Å². The molecule has 0 aliphatic carbocycles. The minimum atomic E-state index is -0.387. The van der Waals surface area contributed by atoms with Crippen LogP contribution in [0.3, 0.4) is 0 Å². The van der Waals surface area contributed by atoms with Crippen molar-refractivity contribution in [2.24, 2.45) is 5.92 Å². The van der Waals surface area contributed by atoms with Crippen LogP contribution in [0.5, 0.6) is 0 Å². The second kappa shape index (κ2) is 1.51.